The Morgan fingerprint density at radius 2 is 2.00 bits per heavy atom. The normalized spacial score (nSPS) is 24.2. The molecule has 1 heterocycles. The molecule has 2 atom stereocenters. The van der Waals surface area contributed by atoms with Gasteiger partial charge in [0.05, 0.1) is 6.61 Å². The zero-order valence-corrected chi connectivity index (χ0v) is 12.4. The average molecular weight is 310 g/mol. The van der Waals surface area contributed by atoms with Crippen molar-refractivity contribution >= 4 is 11.8 Å². The highest BCUT2D eigenvalue weighted by atomic mass is 19.4. The smallest absolute Gasteiger partial charge is 0.370 e. The molecule has 2 amide bonds. The van der Waals surface area contributed by atoms with E-state index in [9.17, 15) is 22.8 Å². The molecule has 0 bridgehead atoms. The number of carbonyl (C=O) groups is 2. The van der Waals surface area contributed by atoms with Crippen molar-refractivity contribution in [1.82, 2.24) is 10.2 Å². The number of hydrogen-bond donors (Lipinski definition) is 1. The number of nitrogens with zero attached hydrogens (tertiary/aromatic N) is 1. The van der Waals surface area contributed by atoms with E-state index in [0.29, 0.717) is 0 Å². The SMILES string of the molecule is CC(C)C1NC(=O)CC(C)N(CCOCC(F)(F)F)C1=O. The molecule has 0 aromatic rings. The molecule has 8 heteroatoms. The van der Waals surface area contributed by atoms with E-state index < -0.39 is 18.8 Å². The molecule has 0 aromatic heterocycles. The van der Waals surface area contributed by atoms with Crippen LogP contribution in [0.3, 0.4) is 0 Å². The van der Waals surface area contributed by atoms with Crippen LogP contribution in [0.15, 0.2) is 0 Å². The van der Waals surface area contributed by atoms with Gasteiger partial charge in [-0.25, -0.2) is 0 Å². The molecule has 0 aliphatic carbocycles. The number of nitrogens with one attached hydrogen (secondary N) is 1. The largest absolute Gasteiger partial charge is 0.411 e. The van der Waals surface area contributed by atoms with Gasteiger partial charge in [-0.05, 0) is 12.8 Å². The first-order valence-corrected chi connectivity index (χ1v) is 6.86. The fourth-order valence-electron chi connectivity index (χ4n) is 2.20. The second kappa shape index (κ2) is 7.11. The Morgan fingerprint density at radius 3 is 2.52 bits per heavy atom. The Bertz CT molecular complexity index is 385. The maximum atomic E-state index is 12.4. The number of halogens is 3. The summed E-state index contributed by atoms with van der Waals surface area (Å²) >= 11 is 0. The van der Waals surface area contributed by atoms with Crippen molar-refractivity contribution in [2.75, 3.05) is 19.8 Å². The van der Waals surface area contributed by atoms with Gasteiger partial charge in [0.25, 0.3) is 0 Å². The highest BCUT2D eigenvalue weighted by Crippen LogP contribution is 2.17. The molecule has 122 valence electrons. The lowest BCUT2D eigenvalue weighted by Gasteiger charge is -2.29. The summed E-state index contributed by atoms with van der Waals surface area (Å²) in [6.45, 7) is 3.79. The molecular formula is C13H21F3N2O3. The predicted molar refractivity (Wildman–Crippen MR) is 69.4 cm³/mol. The monoisotopic (exact) mass is 310 g/mol. The van der Waals surface area contributed by atoms with Crippen LogP contribution in [0.1, 0.15) is 27.2 Å². The van der Waals surface area contributed by atoms with Gasteiger partial charge in [-0.15, -0.1) is 0 Å². The van der Waals surface area contributed by atoms with Gasteiger partial charge >= 0.3 is 6.18 Å². The molecule has 0 saturated carbocycles. The first-order chi connectivity index (χ1) is 9.61. The van der Waals surface area contributed by atoms with Crippen LogP contribution in [0.25, 0.3) is 0 Å². The van der Waals surface area contributed by atoms with E-state index in [0.717, 1.165) is 0 Å². The lowest BCUT2D eigenvalue weighted by Crippen LogP contribution is -2.49. The van der Waals surface area contributed by atoms with Gasteiger partial charge in [-0.2, -0.15) is 13.2 Å². The molecule has 0 spiro atoms. The maximum absolute atomic E-state index is 12.4. The summed E-state index contributed by atoms with van der Waals surface area (Å²) in [5.74, 6) is -0.599. The molecule has 1 rings (SSSR count). The number of carbonyl (C=O) groups excluding carboxylic acids is 2. The molecule has 0 radical (unpaired) electrons. The second-order valence-corrected chi connectivity index (χ2v) is 5.54. The van der Waals surface area contributed by atoms with Gasteiger partial charge in [-0.3, -0.25) is 9.59 Å². The standard InChI is InChI=1S/C13H21F3N2O3/c1-8(2)11-12(20)18(9(3)6-10(19)17-11)4-5-21-7-13(14,15)16/h8-9,11H,4-7H2,1-3H3,(H,17,19). The minimum atomic E-state index is -4.38. The fraction of sp³-hybridized carbons (Fsp3) is 0.846. The number of rotatable bonds is 5. The highest BCUT2D eigenvalue weighted by molar-refractivity contribution is 5.90. The molecule has 2 unspecified atom stereocenters. The quantitative estimate of drug-likeness (QED) is 0.779. The van der Waals surface area contributed by atoms with Crippen molar-refractivity contribution < 1.29 is 27.5 Å². The second-order valence-electron chi connectivity index (χ2n) is 5.54. The van der Waals surface area contributed by atoms with Crippen LogP contribution >= 0.6 is 0 Å². The van der Waals surface area contributed by atoms with Crippen molar-refractivity contribution in [2.24, 2.45) is 5.92 Å². The summed E-state index contributed by atoms with van der Waals surface area (Å²) in [7, 11) is 0. The van der Waals surface area contributed by atoms with E-state index in [-0.39, 0.29) is 43.3 Å². The third-order valence-electron chi connectivity index (χ3n) is 3.29. The lowest BCUT2D eigenvalue weighted by molar-refractivity contribution is -0.175. The van der Waals surface area contributed by atoms with Gasteiger partial charge in [0.1, 0.15) is 12.6 Å². The summed E-state index contributed by atoms with van der Waals surface area (Å²) in [6, 6.07) is -1.01. The van der Waals surface area contributed by atoms with Gasteiger partial charge in [0.2, 0.25) is 11.8 Å². The summed E-state index contributed by atoms with van der Waals surface area (Å²) < 4.78 is 40.5. The van der Waals surface area contributed by atoms with E-state index in [1.807, 2.05) is 0 Å². The molecule has 5 nitrogen and oxygen atoms in total. The molecule has 21 heavy (non-hydrogen) atoms. The lowest BCUT2D eigenvalue weighted by atomic mass is 10.0. The summed E-state index contributed by atoms with van der Waals surface area (Å²) in [6.07, 6.45) is -4.25. The van der Waals surface area contributed by atoms with Gasteiger partial charge < -0.3 is 15.0 Å². The van der Waals surface area contributed by atoms with E-state index in [1.165, 1.54) is 4.90 Å². The highest BCUT2D eigenvalue weighted by Gasteiger charge is 2.35. The van der Waals surface area contributed by atoms with Crippen molar-refractivity contribution in [1.29, 1.82) is 0 Å². The van der Waals surface area contributed by atoms with Crippen LogP contribution in [-0.4, -0.2) is 54.7 Å². The first-order valence-electron chi connectivity index (χ1n) is 6.86. The third-order valence-corrected chi connectivity index (χ3v) is 3.29. The van der Waals surface area contributed by atoms with Gasteiger partial charge in [0.15, 0.2) is 0 Å². The molecule has 1 fully saturated rings. The molecule has 1 aliphatic rings. The third kappa shape index (κ3) is 5.53. The van der Waals surface area contributed by atoms with E-state index in [1.54, 1.807) is 20.8 Å². The van der Waals surface area contributed by atoms with Gasteiger partial charge in [0, 0.05) is 19.0 Å². The van der Waals surface area contributed by atoms with Crippen molar-refractivity contribution in [2.45, 2.75) is 45.5 Å². The minimum absolute atomic E-state index is 0.0360. The predicted octanol–water partition coefficient (Wildman–Crippen LogP) is 1.33. The van der Waals surface area contributed by atoms with E-state index in [4.69, 9.17) is 0 Å². The van der Waals surface area contributed by atoms with E-state index >= 15 is 0 Å². The molecule has 0 aromatic carbocycles. The number of amides is 2. The Morgan fingerprint density at radius 1 is 1.38 bits per heavy atom. The van der Waals surface area contributed by atoms with Crippen LogP contribution < -0.4 is 5.32 Å². The summed E-state index contributed by atoms with van der Waals surface area (Å²) in [4.78, 5) is 25.5. The Labute approximate surface area is 121 Å². The number of hydrogen-bond acceptors (Lipinski definition) is 3. The zero-order valence-electron chi connectivity index (χ0n) is 12.4. The molecule has 1 N–H and O–H groups in total. The summed E-state index contributed by atoms with van der Waals surface area (Å²) in [5.41, 5.74) is 0. The van der Waals surface area contributed by atoms with Crippen molar-refractivity contribution in [3.8, 4) is 0 Å². The molecule has 1 saturated heterocycles. The van der Waals surface area contributed by atoms with Crippen molar-refractivity contribution in [3.05, 3.63) is 0 Å². The van der Waals surface area contributed by atoms with Crippen LogP contribution in [0, 0.1) is 5.92 Å². The number of ether oxygens (including phenoxy) is 1. The minimum Gasteiger partial charge on any atom is -0.370 e. The number of alkyl halides is 3. The average Bonchev–Trinajstić information content (AvgIpc) is 2.42. The van der Waals surface area contributed by atoms with Crippen LogP contribution in [0.4, 0.5) is 13.2 Å². The first kappa shape index (κ1) is 17.7. The van der Waals surface area contributed by atoms with E-state index in [2.05, 4.69) is 10.1 Å². The van der Waals surface area contributed by atoms with Crippen LogP contribution in [0.5, 0.6) is 0 Å². The fourth-order valence-corrected chi connectivity index (χ4v) is 2.20. The zero-order chi connectivity index (χ0) is 16.2. The summed E-state index contributed by atoms with van der Waals surface area (Å²) in [5, 5.41) is 2.65. The Kier molecular flexibility index (Phi) is 6.00. The molecule has 1 aliphatic heterocycles. The van der Waals surface area contributed by atoms with Crippen molar-refractivity contribution in [3.63, 3.8) is 0 Å². The molecular weight excluding hydrogens is 289 g/mol. The maximum Gasteiger partial charge on any atom is 0.411 e. The van der Waals surface area contributed by atoms with Crippen LogP contribution in [-0.2, 0) is 14.3 Å². The topological polar surface area (TPSA) is 58.6 Å². The van der Waals surface area contributed by atoms with Gasteiger partial charge in [-0.1, -0.05) is 13.8 Å². The van der Waals surface area contributed by atoms with Crippen LogP contribution in [0.2, 0.25) is 0 Å². The Hall–Kier alpha value is -1.31. The Balaban J connectivity index is 2.64.